The number of carboxylic acid groups (broad SMARTS) is 2. The first-order chi connectivity index (χ1) is 10.6. The maximum Gasteiger partial charge on any atom is 0.321 e. The van der Waals surface area contributed by atoms with Gasteiger partial charge in [0, 0.05) is 5.92 Å². The van der Waals surface area contributed by atoms with E-state index in [1.54, 1.807) is 0 Å². The van der Waals surface area contributed by atoms with Crippen molar-refractivity contribution in [2.24, 2.45) is 0 Å². The zero-order chi connectivity index (χ0) is 15.9. The van der Waals surface area contributed by atoms with Gasteiger partial charge in [-0.1, -0.05) is 30.3 Å². The fourth-order valence-corrected chi connectivity index (χ4v) is 2.92. The van der Waals surface area contributed by atoms with Gasteiger partial charge in [-0.3, -0.25) is 9.59 Å². The van der Waals surface area contributed by atoms with E-state index in [4.69, 9.17) is 10.2 Å². The molecule has 6 heteroatoms. The van der Waals surface area contributed by atoms with Gasteiger partial charge in [0.05, 0.1) is 0 Å². The quantitative estimate of drug-likeness (QED) is 0.666. The molecule has 2 aliphatic rings. The lowest BCUT2D eigenvalue weighted by molar-refractivity contribution is -0.140. The summed E-state index contributed by atoms with van der Waals surface area (Å²) >= 11 is 0. The van der Waals surface area contributed by atoms with Crippen LogP contribution in [0.15, 0.2) is 30.3 Å². The minimum Gasteiger partial charge on any atom is -0.480 e. The van der Waals surface area contributed by atoms with Crippen molar-refractivity contribution in [2.45, 2.75) is 37.3 Å². The molecular weight excluding hydrogens is 284 g/mol. The Morgan fingerprint density at radius 2 is 1.68 bits per heavy atom. The average molecular weight is 306 g/mol. The van der Waals surface area contributed by atoms with Crippen LogP contribution < -0.4 is 10.6 Å². The van der Waals surface area contributed by atoms with Crippen LogP contribution in [0.2, 0.25) is 0 Å². The zero-order valence-electron chi connectivity index (χ0n) is 12.4. The van der Waals surface area contributed by atoms with Crippen LogP contribution in [-0.2, 0) is 9.59 Å². The van der Waals surface area contributed by atoms with Crippen LogP contribution in [0, 0.1) is 0 Å². The Hall–Kier alpha value is -1.92. The highest BCUT2D eigenvalue weighted by Gasteiger charge is 2.33. The second-order valence-electron chi connectivity index (χ2n) is 5.56. The van der Waals surface area contributed by atoms with E-state index < -0.39 is 18.0 Å². The number of carbonyl (C=O) groups is 2. The fraction of sp³-hybridized carbons (Fsp3) is 0.500. The minimum absolute atomic E-state index is 0.119. The van der Waals surface area contributed by atoms with Gasteiger partial charge in [0.25, 0.3) is 0 Å². The van der Waals surface area contributed by atoms with Crippen molar-refractivity contribution < 1.29 is 19.8 Å². The largest absolute Gasteiger partial charge is 0.480 e. The van der Waals surface area contributed by atoms with Gasteiger partial charge in [-0.05, 0) is 37.9 Å². The van der Waals surface area contributed by atoms with Crippen molar-refractivity contribution in [2.75, 3.05) is 13.1 Å². The fourth-order valence-electron chi connectivity index (χ4n) is 2.92. The molecule has 0 aromatic heterocycles. The van der Waals surface area contributed by atoms with Crippen LogP contribution in [0.25, 0.3) is 0 Å². The van der Waals surface area contributed by atoms with Crippen molar-refractivity contribution in [1.29, 1.82) is 0 Å². The van der Waals surface area contributed by atoms with Crippen molar-refractivity contribution in [3.05, 3.63) is 35.9 Å². The SMILES string of the molecule is O=C(O)[C@@H]1CCCN1.O=C(O)[C@H]1NCCC1c1ccccc1. The number of hydrogen-bond acceptors (Lipinski definition) is 4. The molecule has 3 rings (SSSR count). The lowest BCUT2D eigenvalue weighted by Crippen LogP contribution is -2.34. The van der Waals surface area contributed by atoms with Gasteiger partial charge >= 0.3 is 11.9 Å². The monoisotopic (exact) mass is 306 g/mol. The summed E-state index contributed by atoms with van der Waals surface area (Å²) < 4.78 is 0. The van der Waals surface area contributed by atoms with Crippen LogP contribution >= 0.6 is 0 Å². The van der Waals surface area contributed by atoms with Crippen LogP contribution in [0.3, 0.4) is 0 Å². The number of aliphatic carboxylic acids is 2. The molecule has 2 saturated heterocycles. The molecule has 120 valence electrons. The summed E-state index contributed by atoms with van der Waals surface area (Å²) in [6.45, 7) is 1.65. The Kier molecular flexibility index (Phi) is 5.91. The molecule has 2 fully saturated rings. The Labute approximate surface area is 129 Å². The Balaban J connectivity index is 0.000000188. The molecule has 0 spiro atoms. The predicted octanol–water partition coefficient (Wildman–Crippen LogP) is 1.04. The summed E-state index contributed by atoms with van der Waals surface area (Å²) in [6, 6.07) is 9.15. The van der Waals surface area contributed by atoms with Gasteiger partial charge < -0.3 is 20.8 Å². The lowest BCUT2D eigenvalue weighted by Gasteiger charge is -2.15. The Bertz CT molecular complexity index is 500. The maximum absolute atomic E-state index is 10.9. The van der Waals surface area contributed by atoms with E-state index in [0.29, 0.717) is 0 Å². The van der Waals surface area contributed by atoms with Crippen LogP contribution in [-0.4, -0.2) is 47.3 Å². The first-order valence-corrected chi connectivity index (χ1v) is 7.57. The molecule has 3 atom stereocenters. The number of benzene rings is 1. The first kappa shape index (κ1) is 16.5. The summed E-state index contributed by atoms with van der Waals surface area (Å²) in [6.07, 6.45) is 2.69. The first-order valence-electron chi connectivity index (χ1n) is 7.57. The van der Waals surface area contributed by atoms with E-state index in [9.17, 15) is 9.59 Å². The van der Waals surface area contributed by atoms with E-state index in [2.05, 4.69) is 10.6 Å². The molecule has 1 aromatic rings. The lowest BCUT2D eigenvalue weighted by atomic mass is 9.92. The summed E-state index contributed by atoms with van der Waals surface area (Å²) in [5.41, 5.74) is 1.12. The van der Waals surface area contributed by atoms with Crippen molar-refractivity contribution >= 4 is 11.9 Å². The molecule has 1 aromatic carbocycles. The van der Waals surface area contributed by atoms with Crippen molar-refractivity contribution in [3.8, 4) is 0 Å². The van der Waals surface area contributed by atoms with E-state index in [-0.39, 0.29) is 12.0 Å². The predicted molar refractivity (Wildman–Crippen MR) is 81.9 cm³/mol. The summed E-state index contributed by atoms with van der Waals surface area (Å²) in [4.78, 5) is 21.1. The molecular formula is C16H22N2O4. The standard InChI is InChI=1S/C11H13NO2.C5H9NO2/c13-11(14)10-9(6-7-12-10)8-4-2-1-3-5-8;7-5(8)4-2-1-3-6-4/h1-5,9-10,12H,6-7H2,(H,13,14);4,6H,1-3H2,(H,7,8)/t9?,10-;4-/m00/s1. The average Bonchev–Trinajstić information content (AvgIpc) is 3.20. The van der Waals surface area contributed by atoms with Gasteiger partial charge in [0.15, 0.2) is 0 Å². The van der Waals surface area contributed by atoms with Gasteiger partial charge in [0.2, 0.25) is 0 Å². The number of nitrogens with one attached hydrogen (secondary N) is 2. The molecule has 0 amide bonds. The summed E-state index contributed by atoms with van der Waals surface area (Å²) in [7, 11) is 0. The molecule has 22 heavy (non-hydrogen) atoms. The molecule has 4 N–H and O–H groups in total. The summed E-state index contributed by atoms with van der Waals surface area (Å²) in [5, 5.41) is 23.2. The van der Waals surface area contributed by atoms with Crippen molar-refractivity contribution in [3.63, 3.8) is 0 Å². The molecule has 1 unspecified atom stereocenters. The van der Waals surface area contributed by atoms with Crippen LogP contribution in [0.4, 0.5) is 0 Å². The normalized spacial score (nSPS) is 27.0. The number of rotatable bonds is 3. The molecule has 0 saturated carbocycles. The van der Waals surface area contributed by atoms with E-state index in [0.717, 1.165) is 37.9 Å². The van der Waals surface area contributed by atoms with Crippen LogP contribution in [0.1, 0.15) is 30.7 Å². The highest BCUT2D eigenvalue weighted by Crippen LogP contribution is 2.27. The third kappa shape index (κ3) is 4.29. The van der Waals surface area contributed by atoms with E-state index in [1.807, 2.05) is 30.3 Å². The highest BCUT2D eigenvalue weighted by molar-refractivity contribution is 5.75. The third-order valence-electron chi connectivity index (χ3n) is 4.07. The highest BCUT2D eigenvalue weighted by atomic mass is 16.4. The van der Waals surface area contributed by atoms with E-state index in [1.165, 1.54) is 0 Å². The molecule has 0 aliphatic carbocycles. The second-order valence-corrected chi connectivity index (χ2v) is 5.56. The topological polar surface area (TPSA) is 98.7 Å². The third-order valence-corrected chi connectivity index (χ3v) is 4.07. The zero-order valence-corrected chi connectivity index (χ0v) is 12.4. The minimum atomic E-state index is -0.753. The van der Waals surface area contributed by atoms with Gasteiger partial charge in [-0.2, -0.15) is 0 Å². The van der Waals surface area contributed by atoms with Crippen LogP contribution in [0.5, 0.6) is 0 Å². The van der Waals surface area contributed by atoms with Gasteiger partial charge in [-0.15, -0.1) is 0 Å². The summed E-state index contributed by atoms with van der Waals surface area (Å²) in [5.74, 6) is -1.35. The Morgan fingerprint density at radius 3 is 2.18 bits per heavy atom. The molecule has 0 radical (unpaired) electrons. The maximum atomic E-state index is 10.9. The van der Waals surface area contributed by atoms with Crippen molar-refractivity contribution in [1.82, 2.24) is 10.6 Å². The number of carboxylic acids is 2. The second kappa shape index (κ2) is 7.91. The van der Waals surface area contributed by atoms with Gasteiger partial charge in [-0.25, -0.2) is 0 Å². The van der Waals surface area contributed by atoms with E-state index >= 15 is 0 Å². The molecule has 0 bridgehead atoms. The Morgan fingerprint density at radius 1 is 0.955 bits per heavy atom. The smallest absolute Gasteiger partial charge is 0.321 e. The van der Waals surface area contributed by atoms with Gasteiger partial charge in [0.1, 0.15) is 12.1 Å². The molecule has 2 aliphatic heterocycles. The molecule has 6 nitrogen and oxygen atoms in total. The number of hydrogen-bond donors (Lipinski definition) is 4. The molecule has 2 heterocycles.